The van der Waals surface area contributed by atoms with Gasteiger partial charge in [0.25, 0.3) is 0 Å². The normalized spacial score (nSPS) is 22.2. The molecule has 0 unspecified atom stereocenters. The Morgan fingerprint density at radius 1 is 1.05 bits per heavy atom. The van der Waals surface area contributed by atoms with Gasteiger partial charge in [-0.3, -0.25) is 0 Å². The number of benzene rings is 1. The fraction of sp³-hybridized carbons (Fsp3) is 0.579. The molecule has 0 aliphatic heterocycles. The number of nitrogens with one attached hydrogen (secondary N) is 1. The molecule has 0 saturated heterocycles. The van der Waals surface area contributed by atoms with Crippen molar-refractivity contribution in [2.75, 3.05) is 6.54 Å². The molecular formula is C19H29N. The van der Waals surface area contributed by atoms with Gasteiger partial charge in [0, 0.05) is 12.6 Å². The molecule has 0 amide bonds. The van der Waals surface area contributed by atoms with E-state index in [4.69, 9.17) is 0 Å². The molecule has 1 fully saturated rings. The van der Waals surface area contributed by atoms with Gasteiger partial charge in [-0.2, -0.15) is 0 Å². The molecular weight excluding hydrogens is 242 g/mol. The van der Waals surface area contributed by atoms with Gasteiger partial charge in [0.15, 0.2) is 0 Å². The highest BCUT2D eigenvalue weighted by atomic mass is 14.9. The molecule has 2 rings (SSSR count). The molecule has 1 saturated carbocycles. The minimum atomic E-state index is 0.461. The van der Waals surface area contributed by atoms with Crippen LogP contribution >= 0.6 is 0 Å². The predicted molar refractivity (Wildman–Crippen MR) is 88.7 cm³/mol. The highest BCUT2D eigenvalue weighted by molar-refractivity contribution is 5.48. The molecule has 0 aromatic heterocycles. The van der Waals surface area contributed by atoms with Crippen molar-refractivity contribution < 1.29 is 0 Å². The van der Waals surface area contributed by atoms with E-state index in [-0.39, 0.29) is 0 Å². The summed E-state index contributed by atoms with van der Waals surface area (Å²) in [6.07, 6.45) is 8.35. The second-order valence-electron chi connectivity index (χ2n) is 7.83. The maximum absolute atomic E-state index is 3.72. The van der Waals surface area contributed by atoms with E-state index in [0.29, 0.717) is 16.9 Å². The number of rotatable bonds is 4. The maximum Gasteiger partial charge on any atom is 0.0140 e. The van der Waals surface area contributed by atoms with Crippen molar-refractivity contribution in [3.8, 4) is 0 Å². The molecule has 1 aromatic rings. The number of hydrogen-bond donors (Lipinski definition) is 1. The summed E-state index contributed by atoms with van der Waals surface area (Å²) in [6, 6.07) is 11.2. The van der Waals surface area contributed by atoms with Gasteiger partial charge >= 0.3 is 0 Å². The molecule has 20 heavy (non-hydrogen) atoms. The Morgan fingerprint density at radius 3 is 2.25 bits per heavy atom. The highest BCUT2D eigenvalue weighted by Crippen LogP contribution is 2.45. The fourth-order valence-corrected chi connectivity index (χ4v) is 3.98. The zero-order valence-corrected chi connectivity index (χ0v) is 13.4. The zero-order chi connectivity index (χ0) is 14.6. The van der Waals surface area contributed by atoms with Crippen molar-refractivity contribution in [2.24, 2.45) is 10.8 Å². The monoisotopic (exact) mass is 271 g/mol. The van der Waals surface area contributed by atoms with E-state index in [1.165, 1.54) is 24.8 Å². The highest BCUT2D eigenvalue weighted by Gasteiger charge is 2.37. The lowest BCUT2D eigenvalue weighted by Gasteiger charge is -2.45. The van der Waals surface area contributed by atoms with E-state index < -0.39 is 0 Å². The Balaban J connectivity index is 1.83. The Hall–Kier alpha value is -1.08. The molecule has 0 heterocycles. The van der Waals surface area contributed by atoms with Crippen molar-refractivity contribution in [1.29, 1.82) is 0 Å². The minimum absolute atomic E-state index is 0.461. The van der Waals surface area contributed by atoms with E-state index in [1.807, 2.05) is 0 Å². The molecule has 0 radical (unpaired) electrons. The first-order valence-corrected chi connectivity index (χ1v) is 7.81. The fourth-order valence-electron chi connectivity index (χ4n) is 3.98. The minimum Gasteiger partial charge on any atom is -0.310 e. The Labute approximate surface area is 124 Å². The van der Waals surface area contributed by atoms with E-state index in [9.17, 15) is 0 Å². The first-order valence-electron chi connectivity index (χ1n) is 7.81. The third kappa shape index (κ3) is 4.79. The van der Waals surface area contributed by atoms with Crippen LogP contribution in [-0.4, -0.2) is 12.6 Å². The third-order valence-electron chi connectivity index (χ3n) is 4.19. The summed E-state index contributed by atoms with van der Waals surface area (Å²) in [6.45, 7) is 10.6. The molecule has 0 spiro atoms. The van der Waals surface area contributed by atoms with Crippen LogP contribution in [0.4, 0.5) is 0 Å². The van der Waals surface area contributed by atoms with Gasteiger partial charge in [-0.15, -0.1) is 0 Å². The average Bonchev–Trinajstić information content (AvgIpc) is 2.32. The Kier molecular flexibility index (Phi) is 4.70. The van der Waals surface area contributed by atoms with Crippen LogP contribution in [0.3, 0.4) is 0 Å². The van der Waals surface area contributed by atoms with Crippen molar-refractivity contribution in [2.45, 2.75) is 53.0 Å². The third-order valence-corrected chi connectivity index (χ3v) is 4.19. The van der Waals surface area contributed by atoms with Gasteiger partial charge in [0.05, 0.1) is 0 Å². The van der Waals surface area contributed by atoms with Crippen molar-refractivity contribution in [3.05, 3.63) is 42.0 Å². The first kappa shape index (κ1) is 15.3. The Morgan fingerprint density at radius 2 is 1.65 bits per heavy atom. The zero-order valence-electron chi connectivity index (χ0n) is 13.4. The second kappa shape index (κ2) is 6.13. The molecule has 1 heteroatoms. The summed E-state index contributed by atoms with van der Waals surface area (Å²) in [5.74, 6) is 0. The van der Waals surface area contributed by atoms with E-state index >= 15 is 0 Å². The van der Waals surface area contributed by atoms with E-state index in [0.717, 1.165) is 6.54 Å². The molecule has 1 aliphatic rings. The van der Waals surface area contributed by atoms with Gasteiger partial charge in [0.2, 0.25) is 0 Å². The van der Waals surface area contributed by atoms with Crippen LogP contribution < -0.4 is 5.32 Å². The van der Waals surface area contributed by atoms with Gasteiger partial charge in [0.1, 0.15) is 0 Å². The standard InChI is InChI=1S/C19H29N/c1-18(2)13-17(14-19(3,4)15-18)20-12-8-11-16-9-6-5-7-10-16/h5-11,17,20H,12-15H2,1-4H3/b11-8+. The lowest BCUT2D eigenvalue weighted by molar-refractivity contribution is 0.0866. The average molecular weight is 271 g/mol. The van der Waals surface area contributed by atoms with Crippen molar-refractivity contribution in [3.63, 3.8) is 0 Å². The lowest BCUT2D eigenvalue weighted by atomic mass is 9.63. The molecule has 1 N–H and O–H groups in total. The largest absolute Gasteiger partial charge is 0.310 e. The smallest absolute Gasteiger partial charge is 0.0140 e. The van der Waals surface area contributed by atoms with Crippen molar-refractivity contribution in [1.82, 2.24) is 5.32 Å². The van der Waals surface area contributed by atoms with Crippen molar-refractivity contribution >= 4 is 6.08 Å². The second-order valence-corrected chi connectivity index (χ2v) is 7.83. The number of hydrogen-bond acceptors (Lipinski definition) is 1. The predicted octanol–water partition coefficient (Wildman–Crippen LogP) is 4.89. The lowest BCUT2D eigenvalue weighted by Crippen LogP contribution is -2.43. The molecule has 0 bridgehead atoms. The van der Waals surface area contributed by atoms with E-state index in [2.05, 4.69) is 75.5 Å². The summed E-state index contributed by atoms with van der Waals surface area (Å²) in [5.41, 5.74) is 2.20. The van der Waals surface area contributed by atoms with Crippen LogP contribution in [-0.2, 0) is 0 Å². The molecule has 1 aliphatic carbocycles. The van der Waals surface area contributed by atoms with Crippen LogP contribution in [0, 0.1) is 10.8 Å². The summed E-state index contributed by atoms with van der Waals surface area (Å²) < 4.78 is 0. The molecule has 1 aromatic carbocycles. The topological polar surface area (TPSA) is 12.0 Å². The van der Waals surface area contributed by atoms with Gasteiger partial charge < -0.3 is 5.32 Å². The summed E-state index contributed by atoms with van der Waals surface area (Å²) >= 11 is 0. The molecule has 110 valence electrons. The van der Waals surface area contributed by atoms with Crippen LogP contribution in [0.1, 0.15) is 52.5 Å². The summed E-state index contributed by atoms with van der Waals surface area (Å²) in [4.78, 5) is 0. The van der Waals surface area contributed by atoms with Gasteiger partial charge in [-0.05, 0) is 35.7 Å². The van der Waals surface area contributed by atoms with E-state index in [1.54, 1.807) is 0 Å². The molecule has 0 atom stereocenters. The SMILES string of the molecule is CC1(C)CC(NC/C=C/c2ccccc2)CC(C)(C)C1. The van der Waals surface area contributed by atoms with Crippen LogP contribution in [0.25, 0.3) is 6.08 Å². The van der Waals surface area contributed by atoms with Crippen LogP contribution in [0.5, 0.6) is 0 Å². The first-order chi connectivity index (χ1) is 9.36. The molecule has 1 nitrogen and oxygen atoms in total. The van der Waals surface area contributed by atoms with Crippen LogP contribution in [0.15, 0.2) is 36.4 Å². The Bertz CT molecular complexity index is 426. The van der Waals surface area contributed by atoms with Gasteiger partial charge in [-0.1, -0.05) is 70.2 Å². The summed E-state index contributed by atoms with van der Waals surface area (Å²) in [7, 11) is 0. The summed E-state index contributed by atoms with van der Waals surface area (Å²) in [5, 5.41) is 3.72. The van der Waals surface area contributed by atoms with Gasteiger partial charge in [-0.25, -0.2) is 0 Å². The van der Waals surface area contributed by atoms with Crippen LogP contribution in [0.2, 0.25) is 0 Å². The maximum atomic E-state index is 3.72. The quantitative estimate of drug-likeness (QED) is 0.821.